The van der Waals surface area contributed by atoms with Gasteiger partial charge in [-0.25, -0.2) is 9.59 Å². The van der Waals surface area contributed by atoms with Crippen LogP contribution in [0.4, 0.5) is 4.79 Å². The number of nitrogens with one attached hydrogen (secondary N) is 1. The number of methoxy groups -OCH3 is 1. The molecule has 1 fully saturated rings. The molecule has 0 aliphatic carbocycles. The van der Waals surface area contributed by atoms with Crippen molar-refractivity contribution >= 4 is 17.1 Å². The zero-order chi connectivity index (χ0) is 27.2. The van der Waals surface area contributed by atoms with Gasteiger partial charge in [0.05, 0.1) is 18.1 Å². The molecule has 204 valence electrons. The fourth-order valence-corrected chi connectivity index (χ4v) is 5.28. The number of carbonyl (C=O) groups excluding carboxylic acids is 1. The van der Waals surface area contributed by atoms with Crippen LogP contribution in [0.1, 0.15) is 36.9 Å². The molecule has 39 heavy (non-hydrogen) atoms. The summed E-state index contributed by atoms with van der Waals surface area (Å²) in [5, 5.41) is 0. The molecule has 1 N–H and O–H groups in total. The first-order valence-corrected chi connectivity index (χ1v) is 13.5. The van der Waals surface area contributed by atoms with E-state index in [1.54, 1.807) is 12.0 Å². The van der Waals surface area contributed by atoms with E-state index in [9.17, 15) is 9.59 Å². The molecular formula is C31H36N4O4. The molecule has 1 unspecified atom stereocenters. The molecule has 0 bridgehead atoms. The number of hydrogen-bond donors (Lipinski definition) is 1. The predicted molar refractivity (Wildman–Crippen MR) is 152 cm³/mol. The lowest BCUT2D eigenvalue weighted by Crippen LogP contribution is -2.42. The molecule has 0 radical (unpaired) electrons. The number of hydrogen-bond acceptors (Lipinski definition) is 5. The van der Waals surface area contributed by atoms with Crippen molar-refractivity contribution in [3.05, 3.63) is 100 Å². The summed E-state index contributed by atoms with van der Waals surface area (Å²) in [6, 6.07) is 26.2. The van der Waals surface area contributed by atoms with Crippen molar-refractivity contribution in [1.82, 2.24) is 19.4 Å². The lowest BCUT2D eigenvalue weighted by molar-refractivity contribution is 0.0567. The maximum absolute atomic E-state index is 13.0. The van der Waals surface area contributed by atoms with Crippen LogP contribution in [0.15, 0.2) is 83.7 Å². The Morgan fingerprint density at radius 1 is 0.949 bits per heavy atom. The van der Waals surface area contributed by atoms with Crippen molar-refractivity contribution in [3.8, 4) is 5.75 Å². The van der Waals surface area contributed by atoms with Gasteiger partial charge < -0.3 is 19.4 Å². The molecular weight excluding hydrogens is 492 g/mol. The molecule has 1 aromatic heterocycles. The number of fused-ring (bicyclic) bond motifs is 1. The lowest BCUT2D eigenvalue weighted by atomic mass is 10.0. The number of imidazole rings is 1. The van der Waals surface area contributed by atoms with Gasteiger partial charge in [-0.15, -0.1) is 0 Å². The Labute approximate surface area is 228 Å². The van der Waals surface area contributed by atoms with Crippen LogP contribution in [-0.2, 0) is 17.8 Å². The summed E-state index contributed by atoms with van der Waals surface area (Å²) in [4.78, 5) is 32.6. The van der Waals surface area contributed by atoms with Crippen molar-refractivity contribution in [2.45, 2.75) is 44.9 Å². The number of nitrogens with zero attached hydrogens (tertiary/aromatic N) is 3. The molecule has 1 saturated heterocycles. The largest absolute Gasteiger partial charge is 0.497 e. The van der Waals surface area contributed by atoms with Gasteiger partial charge in [0.1, 0.15) is 12.4 Å². The number of benzene rings is 3. The minimum Gasteiger partial charge on any atom is -0.497 e. The maximum Gasteiger partial charge on any atom is 0.409 e. The van der Waals surface area contributed by atoms with Crippen LogP contribution < -0.4 is 10.4 Å². The van der Waals surface area contributed by atoms with Crippen molar-refractivity contribution < 1.29 is 14.3 Å². The molecule has 5 rings (SSSR count). The number of likely N-dealkylation sites (tertiary alicyclic amines) is 1. The highest BCUT2D eigenvalue weighted by atomic mass is 16.6. The van der Waals surface area contributed by atoms with Crippen molar-refractivity contribution in [2.75, 3.05) is 26.8 Å². The monoisotopic (exact) mass is 528 g/mol. The van der Waals surface area contributed by atoms with Gasteiger partial charge in [-0.05, 0) is 55.2 Å². The van der Waals surface area contributed by atoms with E-state index in [4.69, 9.17) is 9.47 Å². The number of aromatic nitrogens is 2. The molecule has 2 heterocycles. The molecule has 1 amide bonds. The quantitative estimate of drug-likeness (QED) is 0.323. The zero-order valence-corrected chi connectivity index (χ0v) is 22.6. The molecule has 1 aliphatic heterocycles. The fourth-order valence-electron chi connectivity index (χ4n) is 5.28. The number of carbonyl (C=O) groups is 1. The van der Waals surface area contributed by atoms with E-state index in [1.165, 1.54) is 11.1 Å². The number of aromatic amines is 1. The summed E-state index contributed by atoms with van der Waals surface area (Å²) >= 11 is 0. The van der Waals surface area contributed by atoms with Crippen molar-refractivity contribution in [1.29, 1.82) is 0 Å². The third-order valence-corrected chi connectivity index (χ3v) is 7.56. The van der Waals surface area contributed by atoms with E-state index in [-0.39, 0.29) is 23.9 Å². The second kappa shape index (κ2) is 12.2. The van der Waals surface area contributed by atoms with Crippen LogP contribution in [0.3, 0.4) is 0 Å². The molecule has 0 saturated carbocycles. The average Bonchev–Trinajstić information content (AvgIpc) is 3.32. The number of amides is 1. The number of ether oxygens (including phenoxy) is 2. The molecule has 3 aromatic carbocycles. The number of rotatable bonds is 9. The molecule has 8 heteroatoms. The number of H-pyrrole nitrogens is 1. The Kier molecular flexibility index (Phi) is 8.32. The lowest BCUT2D eigenvalue weighted by Gasteiger charge is -2.33. The van der Waals surface area contributed by atoms with Gasteiger partial charge in [-0.2, -0.15) is 0 Å². The van der Waals surface area contributed by atoms with E-state index in [2.05, 4.69) is 41.1 Å². The highest BCUT2D eigenvalue weighted by molar-refractivity contribution is 5.75. The van der Waals surface area contributed by atoms with Gasteiger partial charge in [0.15, 0.2) is 0 Å². The summed E-state index contributed by atoms with van der Waals surface area (Å²) in [5.74, 6) is 0.827. The Morgan fingerprint density at radius 2 is 1.59 bits per heavy atom. The van der Waals surface area contributed by atoms with Gasteiger partial charge >= 0.3 is 11.8 Å². The SMILES string of the molecule is COc1ccc(CN(Cc2ccccc2)C(C)COC(=O)N2CCC(n3c(=O)[nH]c4ccccc43)CC2)cc1. The van der Waals surface area contributed by atoms with Crippen molar-refractivity contribution in [3.63, 3.8) is 0 Å². The van der Waals surface area contributed by atoms with Crippen molar-refractivity contribution in [2.24, 2.45) is 0 Å². The molecule has 8 nitrogen and oxygen atoms in total. The number of piperidine rings is 1. The Hall–Kier alpha value is -4.04. The minimum absolute atomic E-state index is 0.0126. The molecule has 1 aliphatic rings. The van der Waals surface area contributed by atoms with Crippen LogP contribution >= 0.6 is 0 Å². The first-order valence-electron chi connectivity index (χ1n) is 13.5. The van der Waals surface area contributed by atoms with Crippen LogP contribution in [0.25, 0.3) is 11.0 Å². The van der Waals surface area contributed by atoms with Crippen LogP contribution in [0, 0.1) is 0 Å². The topological polar surface area (TPSA) is 79.8 Å². The Balaban J connectivity index is 1.18. The second-order valence-corrected chi connectivity index (χ2v) is 10.2. The van der Waals surface area contributed by atoms with Crippen LogP contribution in [0.2, 0.25) is 0 Å². The van der Waals surface area contributed by atoms with Crippen LogP contribution in [-0.4, -0.2) is 58.3 Å². The molecule has 4 aromatic rings. The van der Waals surface area contributed by atoms with E-state index in [1.807, 2.05) is 59.2 Å². The number of para-hydroxylation sites is 2. The third-order valence-electron chi connectivity index (χ3n) is 7.56. The second-order valence-electron chi connectivity index (χ2n) is 10.2. The smallest absolute Gasteiger partial charge is 0.409 e. The fraction of sp³-hybridized carbons (Fsp3) is 0.355. The van der Waals surface area contributed by atoms with E-state index in [0.29, 0.717) is 32.5 Å². The van der Waals surface area contributed by atoms with E-state index < -0.39 is 0 Å². The maximum atomic E-state index is 13.0. The van der Waals surface area contributed by atoms with E-state index >= 15 is 0 Å². The predicted octanol–water partition coefficient (Wildman–Crippen LogP) is 5.20. The first kappa shape index (κ1) is 26.6. The van der Waals surface area contributed by atoms with E-state index in [0.717, 1.165) is 29.9 Å². The van der Waals surface area contributed by atoms with Gasteiger partial charge in [-0.3, -0.25) is 9.47 Å². The molecule has 0 spiro atoms. The summed E-state index contributed by atoms with van der Waals surface area (Å²) in [5.41, 5.74) is 4.03. The summed E-state index contributed by atoms with van der Waals surface area (Å²) in [6.07, 6.45) is 1.13. The standard InChI is InChI=1S/C31H36N4O4/c1-23(34(20-24-8-4-3-5-9-24)21-25-12-14-27(38-2)15-13-25)22-39-31(37)33-18-16-26(17-19-33)35-29-11-7-6-10-28(29)32-30(35)36/h3-15,23,26H,16-22H2,1-2H3,(H,32,36). The summed E-state index contributed by atoms with van der Waals surface area (Å²) in [7, 11) is 1.66. The van der Waals surface area contributed by atoms with Crippen LogP contribution in [0.5, 0.6) is 5.75 Å². The average molecular weight is 529 g/mol. The summed E-state index contributed by atoms with van der Waals surface area (Å²) < 4.78 is 12.9. The zero-order valence-electron chi connectivity index (χ0n) is 22.6. The first-order chi connectivity index (χ1) is 19.0. The highest BCUT2D eigenvalue weighted by Gasteiger charge is 2.27. The Bertz CT molecular complexity index is 1420. The minimum atomic E-state index is -0.296. The van der Waals surface area contributed by atoms with Gasteiger partial charge in [0.2, 0.25) is 0 Å². The Morgan fingerprint density at radius 3 is 2.28 bits per heavy atom. The molecule has 1 atom stereocenters. The van der Waals surface area contributed by atoms with Gasteiger partial charge in [-0.1, -0.05) is 54.6 Å². The van der Waals surface area contributed by atoms with Gasteiger partial charge in [0, 0.05) is 38.3 Å². The summed E-state index contributed by atoms with van der Waals surface area (Å²) in [6.45, 7) is 4.98. The van der Waals surface area contributed by atoms with Gasteiger partial charge in [0.25, 0.3) is 0 Å². The highest BCUT2D eigenvalue weighted by Crippen LogP contribution is 2.25. The third kappa shape index (κ3) is 6.34. The normalized spacial score (nSPS) is 15.0.